The minimum Gasteiger partial charge on any atom is -0.355 e. The summed E-state index contributed by atoms with van der Waals surface area (Å²) in [6.07, 6.45) is -0.155. The molecule has 0 atom stereocenters. The van der Waals surface area contributed by atoms with Crippen molar-refractivity contribution < 1.29 is 9.47 Å². The molecule has 0 aromatic carbocycles. The highest BCUT2D eigenvalue weighted by molar-refractivity contribution is 7.80. The molecule has 3 nitrogen and oxygen atoms in total. The van der Waals surface area contributed by atoms with Crippen LogP contribution in [-0.2, 0) is 9.47 Å². The molecule has 0 amide bonds. The molecule has 1 N–H and O–H groups in total. The van der Waals surface area contributed by atoms with Gasteiger partial charge in [-0.1, -0.05) is 0 Å². The van der Waals surface area contributed by atoms with Crippen LogP contribution < -0.4 is 5.32 Å². The third-order valence-corrected chi connectivity index (χ3v) is 1.17. The molecule has 0 radical (unpaired) electrons. The van der Waals surface area contributed by atoms with Crippen molar-refractivity contribution in [2.75, 3.05) is 26.6 Å². The minimum atomic E-state index is -0.155. The molecule has 0 rings (SSSR count). The van der Waals surface area contributed by atoms with Gasteiger partial charge in [-0.05, 0) is 0 Å². The Bertz CT molecular complexity index is 58.9. The Morgan fingerprint density at radius 1 is 1.44 bits per heavy atom. The van der Waals surface area contributed by atoms with Crippen LogP contribution in [0.3, 0.4) is 0 Å². The van der Waals surface area contributed by atoms with Gasteiger partial charge in [0.25, 0.3) is 0 Å². The maximum absolute atomic E-state index is 4.88. The van der Waals surface area contributed by atoms with Gasteiger partial charge in [-0.25, -0.2) is 0 Å². The lowest BCUT2D eigenvalue weighted by Gasteiger charge is -2.12. The number of thiol groups is 1. The summed E-state index contributed by atoms with van der Waals surface area (Å²) in [7, 11) is 3.21. The number of methoxy groups -OCH3 is 2. The average Bonchev–Trinajstić information content (AvgIpc) is 1.91. The fourth-order valence-electron chi connectivity index (χ4n) is 0.445. The first kappa shape index (κ1) is 9.23. The van der Waals surface area contributed by atoms with Gasteiger partial charge in [-0.2, -0.15) is 12.6 Å². The van der Waals surface area contributed by atoms with Crippen molar-refractivity contribution in [2.45, 2.75) is 6.29 Å². The zero-order valence-electron chi connectivity index (χ0n) is 5.76. The molecule has 0 saturated heterocycles. The van der Waals surface area contributed by atoms with E-state index in [1.807, 2.05) is 0 Å². The van der Waals surface area contributed by atoms with E-state index < -0.39 is 0 Å². The highest BCUT2D eigenvalue weighted by atomic mass is 32.1. The maximum Gasteiger partial charge on any atom is 0.169 e. The van der Waals surface area contributed by atoms with Crippen molar-refractivity contribution in [3.63, 3.8) is 0 Å². The van der Waals surface area contributed by atoms with Crippen molar-refractivity contribution in [1.29, 1.82) is 0 Å². The second kappa shape index (κ2) is 6.35. The molecule has 56 valence electrons. The summed E-state index contributed by atoms with van der Waals surface area (Å²) < 4.78 is 9.77. The zero-order chi connectivity index (χ0) is 7.11. The summed E-state index contributed by atoms with van der Waals surface area (Å²) in [4.78, 5) is 0. The first-order chi connectivity index (χ1) is 4.35. The summed E-state index contributed by atoms with van der Waals surface area (Å²) >= 11 is 3.95. The lowest BCUT2D eigenvalue weighted by Crippen LogP contribution is -2.28. The zero-order valence-corrected chi connectivity index (χ0v) is 6.65. The summed E-state index contributed by atoms with van der Waals surface area (Å²) in [6, 6.07) is 0. The van der Waals surface area contributed by atoms with E-state index in [1.54, 1.807) is 14.2 Å². The first-order valence-electron chi connectivity index (χ1n) is 2.72. The van der Waals surface area contributed by atoms with Gasteiger partial charge >= 0.3 is 0 Å². The van der Waals surface area contributed by atoms with Crippen LogP contribution in [0.2, 0.25) is 0 Å². The molecule has 0 saturated carbocycles. The van der Waals surface area contributed by atoms with Gasteiger partial charge in [-0.15, -0.1) is 0 Å². The molecule has 0 bridgehead atoms. The molecule has 0 aliphatic carbocycles. The van der Waals surface area contributed by atoms with E-state index in [0.717, 1.165) is 0 Å². The molecular weight excluding hydrogens is 138 g/mol. The molecule has 0 unspecified atom stereocenters. The van der Waals surface area contributed by atoms with Crippen molar-refractivity contribution >= 4 is 12.6 Å². The number of nitrogens with one attached hydrogen (secondary N) is 1. The molecule has 0 aromatic heterocycles. The van der Waals surface area contributed by atoms with E-state index in [-0.39, 0.29) is 6.29 Å². The second-order valence-corrected chi connectivity index (χ2v) is 1.83. The monoisotopic (exact) mass is 151 g/mol. The molecule has 0 aliphatic heterocycles. The van der Waals surface area contributed by atoms with Crippen molar-refractivity contribution in [2.24, 2.45) is 0 Å². The van der Waals surface area contributed by atoms with Crippen molar-refractivity contribution in [3.8, 4) is 0 Å². The predicted octanol–water partition coefficient (Wildman–Crippen LogP) is 0.0822. The predicted molar refractivity (Wildman–Crippen MR) is 39.7 cm³/mol. The van der Waals surface area contributed by atoms with Crippen LogP contribution in [0.5, 0.6) is 0 Å². The molecule has 0 aliphatic rings. The Kier molecular flexibility index (Phi) is 6.51. The van der Waals surface area contributed by atoms with Gasteiger partial charge in [0, 0.05) is 26.6 Å². The largest absolute Gasteiger partial charge is 0.355 e. The third-order valence-electron chi connectivity index (χ3n) is 0.949. The Morgan fingerprint density at radius 2 is 2.00 bits per heavy atom. The summed E-state index contributed by atoms with van der Waals surface area (Å²) in [6.45, 7) is 0.677. The van der Waals surface area contributed by atoms with Crippen molar-refractivity contribution in [1.82, 2.24) is 5.32 Å². The van der Waals surface area contributed by atoms with Gasteiger partial charge in [0.05, 0.1) is 0 Å². The Hall–Kier alpha value is 0.230. The summed E-state index contributed by atoms with van der Waals surface area (Å²) in [5.41, 5.74) is 0. The average molecular weight is 151 g/mol. The van der Waals surface area contributed by atoms with E-state index in [0.29, 0.717) is 12.4 Å². The number of ether oxygens (including phenoxy) is 2. The Balaban J connectivity index is 3.09. The molecule has 0 fully saturated rings. The third kappa shape index (κ3) is 4.72. The van der Waals surface area contributed by atoms with Crippen LogP contribution in [0.15, 0.2) is 0 Å². The number of rotatable bonds is 5. The fourth-order valence-corrected chi connectivity index (χ4v) is 0.574. The highest BCUT2D eigenvalue weighted by Gasteiger charge is 2.00. The lowest BCUT2D eigenvalue weighted by atomic mass is 10.6. The number of hydrogen-bond acceptors (Lipinski definition) is 4. The smallest absolute Gasteiger partial charge is 0.169 e. The standard InChI is InChI=1S/C5H13NO2S/c1-7-5(8-2)3-6-4-9/h5-6,9H,3-4H2,1-2H3. The molecular formula is C5H13NO2S. The lowest BCUT2D eigenvalue weighted by molar-refractivity contribution is -0.0980. The summed E-state index contributed by atoms with van der Waals surface area (Å²) in [5, 5.41) is 2.96. The van der Waals surface area contributed by atoms with E-state index in [2.05, 4.69) is 17.9 Å². The second-order valence-electron chi connectivity index (χ2n) is 1.51. The fraction of sp³-hybridized carbons (Fsp3) is 1.00. The van der Waals surface area contributed by atoms with Crippen LogP contribution in [0.1, 0.15) is 0 Å². The quantitative estimate of drug-likeness (QED) is 0.431. The highest BCUT2D eigenvalue weighted by Crippen LogP contribution is 1.86. The van der Waals surface area contributed by atoms with Crippen LogP contribution in [0.25, 0.3) is 0 Å². The maximum atomic E-state index is 4.88. The van der Waals surface area contributed by atoms with Gasteiger partial charge in [0.15, 0.2) is 6.29 Å². The van der Waals surface area contributed by atoms with Gasteiger partial charge in [-0.3, -0.25) is 0 Å². The molecule has 0 aromatic rings. The number of hydrogen-bond donors (Lipinski definition) is 2. The van der Waals surface area contributed by atoms with E-state index >= 15 is 0 Å². The van der Waals surface area contributed by atoms with Crippen LogP contribution >= 0.6 is 12.6 Å². The minimum absolute atomic E-state index is 0.155. The molecule has 4 heteroatoms. The van der Waals surface area contributed by atoms with Crippen LogP contribution in [0, 0.1) is 0 Å². The Labute approximate surface area is 61.1 Å². The molecule has 0 spiro atoms. The van der Waals surface area contributed by atoms with Gasteiger partial charge in [0.2, 0.25) is 0 Å². The normalized spacial score (nSPS) is 10.7. The van der Waals surface area contributed by atoms with Crippen molar-refractivity contribution in [3.05, 3.63) is 0 Å². The SMILES string of the molecule is COC(CNCS)OC. The molecule has 9 heavy (non-hydrogen) atoms. The van der Waals surface area contributed by atoms with Crippen LogP contribution in [-0.4, -0.2) is 32.9 Å². The molecule has 0 heterocycles. The van der Waals surface area contributed by atoms with E-state index in [9.17, 15) is 0 Å². The topological polar surface area (TPSA) is 30.5 Å². The van der Waals surface area contributed by atoms with E-state index in [1.165, 1.54) is 0 Å². The summed E-state index contributed by atoms with van der Waals surface area (Å²) in [5.74, 6) is 0.642. The van der Waals surface area contributed by atoms with Gasteiger partial charge < -0.3 is 14.8 Å². The van der Waals surface area contributed by atoms with Crippen LogP contribution in [0.4, 0.5) is 0 Å². The van der Waals surface area contributed by atoms with Gasteiger partial charge in [0.1, 0.15) is 0 Å². The van der Waals surface area contributed by atoms with E-state index in [4.69, 9.17) is 9.47 Å². The Morgan fingerprint density at radius 3 is 2.33 bits per heavy atom. The first-order valence-corrected chi connectivity index (χ1v) is 3.35.